The number of thiophene rings is 1. The predicted molar refractivity (Wildman–Crippen MR) is 114 cm³/mol. The summed E-state index contributed by atoms with van der Waals surface area (Å²) in [5.41, 5.74) is 0.00490. The number of rotatable bonds is 7. The van der Waals surface area contributed by atoms with E-state index in [0.717, 1.165) is 31.2 Å². The molecule has 2 rings (SSSR count). The Morgan fingerprint density at radius 2 is 2.08 bits per heavy atom. The Bertz CT molecular complexity index is 473. The minimum atomic E-state index is -0.921. The summed E-state index contributed by atoms with van der Waals surface area (Å²) in [4.78, 5) is 7.06. The number of nitrogens with zero attached hydrogens (tertiary/aromatic N) is 2. The van der Waals surface area contributed by atoms with Crippen LogP contribution in [0.25, 0.3) is 0 Å². The van der Waals surface area contributed by atoms with Gasteiger partial charge in [0.2, 0.25) is 0 Å². The molecule has 5 nitrogen and oxygen atoms in total. The highest BCUT2D eigenvalue weighted by Gasteiger charge is 2.23. The molecule has 7 heteroatoms. The van der Waals surface area contributed by atoms with Crippen molar-refractivity contribution >= 4 is 41.3 Å². The Kier molecular flexibility index (Phi) is 10.2. The van der Waals surface area contributed by atoms with Crippen LogP contribution in [0.1, 0.15) is 38.7 Å². The lowest BCUT2D eigenvalue weighted by atomic mass is 10.00. The Morgan fingerprint density at radius 1 is 1.33 bits per heavy atom. The third kappa shape index (κ3) is 7.25. The number of hydrogen-bond acceptors (Lipinski definition) is 4. The molecule has 1 saturated heterocycles. The van der Waals surface area contributed by atoms with Crippen molar-refractivity contribution in [1.82, 2.24) is 15.5 Å². The molecule has 2 heterocycles. The first-order valence-electron chi connectivity index (χ1n) is 8.61. The van der Waals surface area contributed by atoms with Crippen LogP contribution < -0.4 is 10.6 Å². The number of piperidine rings is 1. The third-order valence-corrected chi connectivity index (χ3v) is 4.88. The maximum Gasteiger partial charge on any atom is 0.191 e. The monoisotopic (exact) mass is 466 g/mol. The fourth-order valence-electron chi connectivity index (χ4n) is 2.75. The van der Waals surface area contributed by atoms with Gasteiger partial charge in [0.1, 0.15) is 5.60 Å². The number of hydrogen-bond donors (Lipinski definition) is 3. The molecule has 1 aromatic rings. The molecule has 0 aliphatic carbocycles. The van der Waals surface area contributed by atoms with Gasteiger partial charge in [-0.3, -0.25) is 0 Å². The third-order valence-electron chi connectivity index (χ3n) is 4.20. The van der Waals surface area contributed by atoms with Gasteiger partial charge in [-0.25, -0.2) is 4.99 Å². The van der Waals surface area contributed by atoms with Crippen LogP contribution >= 0.6 is 35.3 Å². The fraction of sp³-hybridized carbons (Fsp3) is 0.706. The van der Waals surface area contributed by atoms with Crippen LogP contribution in [0.2, 0.25) is 0 Å². The zero-order valence-corrected chi connectivity index (χ0v) is 17.9. The summed E-state index contributed by atoms with van der Waals surface area (Å²) in [5, 5.41) is 21.1. The Labute approximate surface area is 167 Å². The molecule has 1 aliphatic rings. The fourth-order valence-corrected chi connectivity index (χ4v) is 3.54. The molecule has 1 fully saturated rings. The maximum atomic E-state index is 10.6. The van der Waals surface area contributed by atoms with Crippen LogP contribution in [0.15, 0.2) is 21.8 Å². The Hall–Kier alpha value is -0.380. The van der Waals surface area contributed by atoms with Gasteiger partial charge in [0.25, 0.3) is 0 Å². The summed E-state index contributed by atoms with van der Waals surface area (Å²) in [7, 11) is 0. The molecule has 1 atom stereocenters. The average Bonchev–Trinajstić information content (AvgIpc) is 3.09. The summed E-state index contributed by atoms with van der Waals surface area (Å²) < 4.78 is 0. The van der Waals surface area contributed by atoms with Gasteiger partial charge in [-0.2, -0.15) is 11.3 Å². The van der Waals surface area contributed by atoms with Gasteiger partial charge in [-0.05, 0) is 62.2 Å². The molecule has 0 saturated carbocycles. The number of aliphatic hydroxyl groups is 1. The lowest BCUT2D eigenvalue weighted by molar-refractivity contribution is 0.0677. The van der Waals surface area contributed by atoms with Crippen LogP contribution in [0.3, 0.4) is 0 Å². The highest BCUT2D eigenvalue weighted by molar-refractivity contribution is 14.0. The largest absolute Gasteiger partial charge is 0.383 e. The first-order chi connectivity index (χ1) is 11.1. The van der Waals surface area contributed by atoms with E-state index >= 15 is 0 Å². The van der Waals surface area contributed by atoms with Crippen molar-refractivity contribution in [1.29, 1.82) is 0 Å². The van der Waals surface area contributed by atoms with Gasteiger partial charge in [-0.15, -0.1) is 24.0 Å². The van der Waals surface area contributed by atoms with E-state index in [-0.39, 0.29) is 24.0 Å². The summed E-state index contributed by atoms with van der Waals surface area (Å²) in [6.45, 7) is 9.38. The lowest BCUT2D eigenvalue weighted by Gasteiger charge is -2.26. The minimum Gasteiger partial charge on any atom is -0.383 e. The van der Waals surface area contributed by atoms with Crippen LogP contribution in [-0.4, -0.2) is 55.2 Å². The summed E-state index contributed by atoms with van der Waals surface area (Å²) in [6.07, 6.45) is 4.00. The Balaban J connectivity index is 0.00000288. The van der Waals surface area contributed by atoms with Crippen LogP contribution in [0.4, 0.5) is 0 Å². The summed E-state index contributed by atoms with van der Waals surface area (Å²) in [6, 6.07) is 1.96. The van der Waals surface area contributed by atoms with Crippen molar-refractivity contribution in [2.45, 2.75) is 38.7 Å². The molecule has 0 spiro atoms. The van der Waals surface area contributed by atoms with E-state index in [1.165, 1.54) is 32.4 Å². The molecule has 3 N–H and O–H groups in total. The normalized spacial score (nSPS) is 18.5. The quantitative estimate of drug-likeness (QED) is 0.329. The van der Waals surface area contributed by atoms with Crippen molar-refractivity contribution in [2.24, 2.45) is 4.99 Å². The van der Waals surface area contributed by atoms with Gasteiger partial charge in [0.15, 0.2) is 5.96 Å². The first-order valence-corrected chi connectivity index (χ1v) is 9.55. The number of aliphatic imine (C=N–C) groups is 1. The van der Waals surface area contributed by atoms with E-state index < -0.39 is 5.60 Å². The molecule has 138 valence electrons. The van der Waals surface area contributed by atoms with Gasteiger partial charge in [-0.1, -0.05) is 6.42 Å². The topological polar surface area (TPSA) is 59.9 Å². The van der Waals surface area contributed by atoms with Gasteiger partial charge in [0, 0.05) is 19.6 Å². The SMILES string of the molecule is CCNC(=NCC(C)(O)c1ccsc1)NCCN1CCCCC1.I. The second-order valence-corrected chi connectivity index (χ2v) is 7.09. The van der Waals surface area contributed by atoms with Crippen molar-refractivity contribution in [3.05, 3.63) is 22.4 Å². The molecule has 0 radical (unpaired) electrons. The average molecular weight is 466 g/mol. The molecular weight excluding hydrogens is 435 g/mol. The molecule has 1 aromatic heterocycles. The zero-order valence-electron chi connectivity index (χ0n) is 14.8. The van der Waals surface area contributed by atoms with E-state index in [1.54, 1.807) is 11.3 Å². The molecule has 1 unspecified atom stereocenters. The molecular formula is C17H31IN4OS. The van der Waals surface area contributed by atoms with E-state index in [2.05, 4.69) is 27.4 Å². The highest BCUT2D eigenvalue weighted by Crippen LogP contribution is 2.23. The molecule has 1 aliphatic heterocycles. The van der Waals surface area contributed by atoms with E-state index in [1.807, 2.05) is 23.8 Å². The Morgan fingerprint density at radius 3 is 2.71 bits per heavy atom. The van der Waals surface area contributed by atoms with Gasteiger partial charge < -0.3 is 20.6 Å². The van der Waals surface area contributed by atoms with Crippen molar-refractivity contribution in [2.75, 3.05) is 39.3 Å². The van der Waals surface area contributed by atoms with Crippen LogP contribution in [0.5, 0.6) is 0 Å². The van der Waals surface area contributed by atoms with Crippen molar-refractivity contribution in [3.8, 4) is 0 Å². The highest BCUT2D eigenvalue weighted by atomic mass is 127. The van der Waals surface area contributed by atoms with Crippen molar-refractivity contribution in [3.63, 3.8) is 0 Å². The van der Waals surface area contributed by atoms with Crippen LogP contribution in [-0.2, 0) is 5.60 Å². The smallest absolute Gasteiger partial charge is 0.191 e. The standard InChI is InChI=1S/C17H30N4OS.HI/c1-3-18-16(19-8-11-21-9-5-4-6-10-21)20-14-17(2,22)15-7-12-23-13-15;/h7,12-13,22H,3-6,8-11,14H2,1-2H3,(H2,18,19,20);1H. The summed E-state index contributed by atoms with van der Waals surface area (Å²) >= 11 is 1.60. The molecule has 0 amide bonds. The molecule has 0 aromatic carbocycles. The van der Waals surface area contributed by atoms with Gasteiger partial charge >= 0.3 is 0 Å². The van der Waals surface area contributed by atoms with E-state index in [4.69, 9.17) is 0 Å². The maximum absolute atomic E-state index is 10.6. The second-order valence-electron chi connectivity index (χ2n) is 6.31. The first kappa shape index (κ1) is 21.7. The minimum absolute atomic E-state index is 0. The van der Waals surface area contributed by atoms with E-state index in [9.17, 15) is 5.11 Å². The molecule has 24 heavy (non-hydrogen) atoms. The second kappa shape index (κ2) is 11.3. The van der Waals surface area contributed by atoms with E-state index in [0.29, 0.717) is 6.54 Å². The molecule has 0 bridgehead atoms. The number of guanidine groups is 1. The zero-order chi connectivity index (χ0) is 16.5. The summed E-state index contributed by atoms with van der Waals surface area (Å²) in [5.74, 6) is 0.778. The lowest BCUT2D eigenvalue weighted by Crippen LogP contribution is -2.43. The van der Waals surface area contributed by atoms with Crippen LogP contribution in [0, 0.1) is 0 Å². The predicted octanol–water partition coefficient (Wildman–Crippen LogP) is 2.61. The number of likely N-dealkylation sites (tertiary alicyclic amines) is 1. The number of halogens is 1. The van der Waals surface area contributed by atoms with Gasteiger partial charge in [0.05, 0.1) is 6.54 Å². The number of nitrogens with one attached hydrogen (secondary N) is 2. The van der Waals surface area contributed by atoms with Crippen molar-refractivity contribution < 1.29 is 5.11 Å².